The highest BCUT2D eigenvalue weighted by molar-refractivity contribution is 5.87. The van der Waals surface area contributed by atoms with E-state index in [1.165, 1.54) is 6.92 Å². The van der Waals surface area contributed by atoms with Crippen LogP contribution in [0.15, 0.2) is 30.4 Å². The molecule has 1 aromatic carbocycles. The van der Waals surface area contributed by atoms with Gasteiger partial charge in [0.05, 0.1) is 16.7 Å². The number of hydrogen-bond donors (Lipinski definition) is 1. The number of rotatable bonds is 3. The molecule has 156 valence electrons. The topological polar surface area (TPSA) is 46.5 Å². The van der Waals surface area contributed by atoms with Gasteiger partial charge in [-0.1, -0.05) is 6.58 Å². The van der Waals surface area contributed by atoms with E-state index in [0.29, 0.717) is 12.1 Å². The van der Waals surface area contributed by atoms with Crippen molar-refractivity contribution in [3.05, 3.63) is 47.0 Å². The van der Waals surface area contributed by atoms with Gasteiger partial charge in [0.15, 0.2) is 0 Å². The Kier molecular flexibility index (Phi) is 5.64. The van der Waals surface area contributed by atoms with Crippen molar-refractivity contribution < 1.29 is 41.0 Å². The van der Waals surface area contributed by atoms with Crippen LogP contribution < -0.4 is 0 Å². The molecule has 0 amide bonds. The number of halogens is 6. The third-order valence-electron chi connectivity index (χ3n) is 4.95. The first kappa shape index (κ1) is 22.3. The summed E-state index contributed by atoms with van der Waals surface area (Å²) >= 11 is 0. The van der Waals surface area contributed by atoms with Crippen molar-refractivity contribution in [3.8, 4) is 0 Å². The molecule has 0 bridgehead atoms. The van der Waals surface area contributed by atoms with E-state index >= 15 is 0 Å². The van der Waals surface area contributed by atoms with E-state index in [1.807, 2.05) is 0 Å². The predicted molar refractivity (Wildman–Crippen MR) is 88.1 cm³/mol. The summed E-state index contributed by atoms with van der Waals surface area (Å²) in [7, 11) is 0. The number of benzene rings is 1. The maximum atomic E-state index is 13.1. The molecule has 0 radical (unpaired) electrons. The Morgan fingerprint density at radius 2 is 1.43 bits per heavy atom. The van der Waals surface area contributed by atoms with E-state index in [-0.39, 0.29) is 37.3 Å². The summed E-state index contributed by atoms with van der Waals surface area (Å²) in [6.07, 6.45) is -10.2. The van der Waals surface area contributed by atoms with Crippen LogP contribution in [0.5, 0.6) is 0 Å². The molecule has 0 atom stereocenters. The van der Waals surface area contributed by atoms with E-state index in [0.717, 1.165) is 0 Å². The van der Waals surface area contributed by atoms with Gasteiger partial charge in [-0.2, -0.15) is 26.3 Å². The summed E-state index contributed by atoms with van der Waals surface area (Å²) in [5.74, 6) is -0.647. The van der Waals surface area contributed by atoms with Crippen LogP contribution in [0, 0.1) is 0 Å². The SMILES string of the molecule is C=C(C)C(=O)OC1(C)CCC(O)(c2cc(C(F)(F)F)cc(C(F)(F)F)c2)CC1. The van der Waals surface area contributed by atoms with Crippen molar-refractivity contribution in [1.82, 2.24) is 0 Å². The maximum absolute atomic E-state index is 13.1. The molecule has 0 spiro atoms. The Hall–Kier alpha value is -2.03. The molecule has 3 nitrogen and oxygen atoms in total. The minimum atomic E-state index is -4.99. The fraction of sp³-hybridized carbons (Fsp3) is 0.526. The van der Waals surface area contributed by atoms with Crippen LogP contribution in [0.25, 0.3) is 0 Å². The van der Waals surface area contributed by atoms with Crippen molar-refractivity contribution in [2.75, 3.05) is 0 Å². The molecule has 1 saturated carbocycles. The molecule has 0 unspecified atom stereocenters. The van der Waals surface area contributed by atoms with Gasteiger partial charge in [-0.25, -0.2) is 4.79 Å². The lowest BCUT2D eigenvalue weighted by Gasteiger charge is -2.42. The van der Waals surface area contributed by atoms with Gasteiger partial charge in [-0.05, 0) is 63.3 Å². The molecule has 0 saturated heterocycles. The molecule has 1 N–H and O–H groups in total. The first-order valence-electron chi connectivity index (χ1n) is 8.47. The molecule has 28 heavy (non-hydrogen) atoms. The summed E-state index contributed by atoms with van der Waals surface area (Å²) in [4.78, 5) is 11.7. The van der Waals surface area contributed by atoms with Crippen LogP contribution in [-0.2, 0) is 27.5 Å². The molecule has 1 aliphatic carbocycles. The van der Waals surface area contributed by atoms with Gasteiger partial charge in [0.25, 0.3) is 0 Å². The van der Waals surface area contributed by atoms with Crippen molar-refractivity contribution in [3.63, 3.8) is 0 Å². The van der Waals surface area contributed by atoms with E-state index < -0.39 is 46.2 Å². The Morgan fingerprint density at radius 1 is 1.00 bits per heavy atom. The zero-order valence-electron chi connectivity index (χ0n) is 15.3. The number of hydrogen-bond acceptors (Lipinski definition) is 3. The van der Waals surface area contributed by atoms with Gasteiger partial charge in [0.1, 0.15) is 5.60 Å². The van der Waals surface area contributed by atoms with Crippen LogP contribution in [-0.4, -0.2) is 16.7 Å². The molecule has 2 rings (SSSR count). The Balaban J connectivity index is 2.35. The average Bonchev–Trinajstić information content (AvgIpc) is 2.56. The molecule has 0 aliphatic heterocycles. The summed E-state index contributed by atoms with van der Waals surface area (Å²) in [5.41, 5.74) is -6.13. The fourth-order valence-electron chi connectivity index (χ4n) is 3.12. The van der Waals surface area contributed by atoms with E-state index in [2.05, 4.69) is 6.58 Å². The van der Waals surface area contributed by atoms with Crippen molar-refractivity contribution in [2.45, 2.75) is 63.1 Å². The second-order valence-corrected chi connectivity index (χ2v) is 7.45. The normalized spacial score (nSPS) is 26.0. The minimum Gasteiger partial charge on any atom is -0.456 e. The minimum absolute atomic E-state index is 0.0223. The number of ether oxygens (including phenoxy) is 1. The van der Waals surface area contributed by atoms with E-state index in [1.54, 1.807) is 6.92 Å². The smallest absolute Gasteiger partial charge is 0.416 e. The van der Waals surface area contributed by atoms with Crippen LogP contribution in [0.4, 0.5) is 26.3 Å². The molecule has 0 aromatic heterocycles. The first-order valence-corrected chi connectivity index (χ1v) is 8.47. The average molecular weight is 410 g/mol. The molecule has 1 aliphatic rings. The Bertz CT molecular complexity index is 739. The van der Waals surface area contributed by atoms with Crippen molar-refractivity contribution in [1.29, 1.82) is 0 Å². The molecule has 9 heteroatoms. The van der Waals surface area contributed by atoms with E-state index in [4.69, 9.17) is 4.74 Å². The van der Waals surface area contributed by atoms with Gasteiger partial charge in [0, 0.05) is 5.57 Å². The molecular formula is C19H20F6O3. The van der Waals surface area contributed by atoms with Gasteiger partial charge < -0.3 is 9.84 Å². The number of alkyl halides is 6. The Labute approximate surface area is 158 Å². The third kappa shape index (κ3) is 4.87. The number of carbonyl (C=O) groups is 1. The predicted octanol–water partition coefficient (Wildman–Crippen LogP) is 5.36. The maximum Gasteiger partial charge on any atom is 0.416 e. The van der Waals surface area contributed by atoms with E-state index in [9.17, 15) is 36.2 Å². The molecule has 1 aromatic rings. The highest BCUT2D eigenvalue weighted by Crippen LogP contribution is 2.46. The summed E-state index contributed by atoms with van der Waals surface area (Å²) in [5, 5.41) is 10.8. The number of esters is 1. The monoisotopic (exact) mass is 410 g/mol. The quantitative estimate of drug-likeness (QED) is 0.414. The highest BCUT2D eigenvalue weighted by atomic mass is 19.4. The summed E-state index contributed by atoms with van der Waals surface area (Å²) in [6, 6.07) is 1.10. The number of carbonyl (C=O) groups excluding carboxylic acids is 1. The fourth-order valence-corrected chi connectivity index (χ4v) is 3.12. The van der Waals surface area contributed by atoms with Crippen molar-refractivity contribution in [2.24, 2.45) is 0 Å². The lowest BCUT2D eigenvalue weighted by Crippen LogP contribution is -2.42. The Morgan fingerprint density at radius 3 is 1.79 bits per heavy atom. The van der Waals surface area contributed by atoms with Gasteiger partial charge in [0.2, 0.25) is 0 Å². The molecule has 0 heterocycles. The highest BCUT2D eigenvalue weighted by Gasteiger charge is 2.45. The molecular weight excluding hydrogens is 390 g/mol. The van der Waals surface area contributed by atoms with Crippen molar-refractivity contribution >= 4 is 5.97 Å². The first-order chi connectivity index (χ1) is 12.6. The standard InChI is InChI=1S/C19H20F6O3/c1-11(2)15(26)28-16(3)4-6-17(27,7-5-16)12-8-13(18(20,21)22)10-14(9-12)19(23,24)25/h8-10,27H,1,4-7H2,2-3H3. The van der Waals surface area contributed by atoms with Gasteiger partial charge in [-0.15, -0.1) is 0 Å². The van der Waals surface area contributed by atoms with Crippen LogP contribution in [0.1, 0.15) is 56.2 Å². The largest absolute Gasteiger partial charge is 0.456 e. The second kappa shape index (κ2) is 7.09. The summed E-state index contributed by atoms with van der Waals surface area (Å²) < 4.78 is 83.6. The van der Waals surface area contributed by atoms with Crippen LogP contribution >= 0.6 is 0 Å². The van der Waals surface area contributed by atoms with Gasteiger partial charge >= 0.3 is 18.3 Å². The van der Waals surface area contributed by atoms with Gasteiger partial charge in [-0.3, -0.25) is 0 Å². The molecule has 1 fully saturated rings. The van der Waals surface area contributed by atoms with Crippen LogP contribution in [0.2, 0.25) is 0 Å². The summed E-state index contributed by atoms with van der Waals surface area (Å²) in [6.45, 7) is 6.50. The van der Waals surface area contributed by atoms with Crippen LogP contribution in [0.3, 0.4) is 0 Å². The zero-order chi connectivity index (χ0) is 21.5. The zero-order valence-corrected chi connectivity index (χ0v) is 15.3. The lowest BCUT2D eigenvalue weighted by atomic mass is 9.73. The third-order valence-corrected chi connectivity index (χ3v) is 4.95. The lowest BCUT2D eigenvalue weighted by molar-refractivity contribution is -0.163. The second-order valence-electron chi connectivity index (χ2n) is 7.45. The number of aliphatic hydroxyl groups is 1.